The normalized spacial score (nSPS) is 12.4. The quantitative estimate of drug-likeness (QED) is 0.830. The number of aromatic nitrogens is 4. The highest BCUT2D eigenvalue weighted by molar-refractivity contribution is 6.31. The second kappa shape index (κ2) is 6.96. The molecule has 0 aliphatic rings. The van der Waals surface area contributed by atoms with Crippen molar-refractivity contribution in [1.29, 1.82) is 0 Å². The van der Waals surface area contributed by atoms with Crippen molar-refractivity contribution in [3.8, 4) is 0 Å². The Morgan fingerprint density at radius 3 is 2.64 bits per heavy atom. The highest BCUT2D eigenvalue weighted by Gasteiger charge is 2.19. The molecule has 1 unspecified atom stereocenters. The van der Waals surface area contributed by atoms with E-state index in [0.29, 0.717) is 11.6 Å². The molecule has 0 aromatic carbocycles. The molecule has 2 rings (SSSR count). The van der Waals surface area contributed by atoms with E-state index in [2.05, 4.69) is 15.5 Å². The minimum absolute atomic E-state index is 0.0566. The highest BCUT2D eigenvalue weighted by Crippen LogP contribution is 2.22. The van der Waals surface area contributed by atoms with E-state index in [1.165, 1.54) is 0 Å². The molecule has 0 aliphatic heterocycles. The lowest BCUT2D eigenvalue weighted by Crippen LogP contribution is -2.33. The molecule has 2 aromatic rings. The Morgan fingerprint density at radius 1 is 1.36 bits per heavy atom. The van der Waals surface area contributed by atoms with Crippen molar-refractivity contribution in [2.75, 3.05) is 6.54 Å². The molecule has 1 amide bonds. The molecule has 0 fully saturated rings. The number of amides is 1. The summed E-state index contributed by atoms with van der Waals surface area (Å²) in [5, 5.41) is 12.2. The van der Waals surface area contributed by atoms with Crippen molar-refractivity contribution >= 4 is 17.5 Å². The maximum atomic E-state index is 12.2. The molecule has 7 heteroatoms. The summed E-state index contributed by atoms with van der Waals surface area (Å²) >= 11 is 6.12. The number of hydrogen-bond acceptors (Lipinski definition) is 3. The lowest BCUT2D eigenvalue weighted by Gasteiger charge is -2.14. The van der Waals surface area contributed by atoms with E-state index in [4.69, 9.17) is 11.6 Å². The number of carbonyl (C=O) groups excluding carboxylic acids is 1. The van der Waals surface area contributed by atoms with Crippen LogP contribution in [-0.4, -0.2) is 32.0 Å². The number of nitrogens with one attached hydrogen (secondary N) is 1. The molecule has 2 heterocycles. The van der Waals surface area contributed by atoms with Gasteiger partial charge in [0.1, 0.15) is 6.04 Å². The lowest BCUT2D eigenvalue weighted by atomic mass is 10.3. The molecule has 0 saturated carbocycles. The first-order valence-corrected chi connectivity index (χ1v) is 7.77. The van der Waals surface area contributed by atoms with Crippen molar-refractivity contribution in [2.24, 2.45) is 0 Å². The predicted octanol–water partition coefficient (Wildman–Crippen LogP) is 2.43. The molecule has 1 N–H and O–H groups in total. The second-order valence-corrected chi connectivity index (χ2v) is 5.85. The molecule has 120 valence electrons. The molecule has 0 saturated heterocycles. The van der Waals surface area contributed by atoms with Gasteiger partial charge in [0.25, 0.3) is 0 Å². The van der Waals surface area contributed by atoms with Crippen LogP contribution < -0.4 is 5.32 Å². The zero-order valence-corrected chi connectivity index (χ0v) is 14.2. The van der Waals surface area contributed by atoms with Gasteiger partial charge in [0, 0.05) is 19.3 Å². The van der Waals surface area contributed by atoms with Crippen LogP contribution >= 0.6 is 11.6 Å². The summed E-state index contributed by atoms with van der Waals surface area (Å²) in [7, 11) is 0. The predicted molar refractivity (Wildman–Crippen MR) is 86.0 cm³/mol. The first kappa shape index (κ1) is 16.5. The molecule has 0 radical (unpaired) electrons. The van der Waals surface area contributed by atoms with E-state index >= 15 is 0 Å². The Balaban J connectivity index is 1.82. The first-order chi connectivity index (χ1) is 10.4. The average Bonchev–Trinajstić information content (AvgIpc) is 3.01. The van der Waals surface area contributed by atoms with E-state index in [1.807, 2.05) is 44.6 Å². The third kappa shape index (κ3) is 3.68. The van der Waals surface area contributed by atoms with Crippen LogP contribution in [0.2, 0.25) is 5.02 Å². The summed E-state index contributed by atoms with van der Waals surface area (Å²) < 4.78 is 3.55. The second-order valence-electron chi connectivity index (χ2n) is 5.47. The van der Waals surface area contributed by atoms with Gasteiger partial charge in [-0.3, -0.25) is 14.2 Å². The largest absolute Gasteiger partial charge is 0.354 e. The van der Waals surface area contributed by atoms with Gasteiger partial charge >= 0.3 is 0 Å². The van der Waals surface area contributed by atoms with Crippen LogP contribution in [0, 0.1) is 20.8 Å². The van der Waals surface area contributed by atoms with E-state index in [-0.39, 0.29) is 11.9 Å². The Bertz CT molecular complexity index is 661. The number of carbonyl (C=O) groups is 1. The number of rotatable bonds is 6. The van der Waals surface area contributed by atoms with E-state index in [9.17, 15) is 4.79 Å². The summed E-state index contributed by atoms with van der Waals surface area (Å²) in [6.45, 7) is 8.87. The average molecular weight is 324 g/mol. The van der Waals surface area contributed by atoms with Gasteiger partial charge in [-0.25, -0.2) is 0 Å². The van der Waals surface area contributed by atoms with Gasteiger partial charge in [-0.05, 0) is 40.2 Å². The Kier molecular flexibility index (Phi) is 5.24. The van der Waals surface area contributed by atoms with Crippen molar-refractivity contribution in [2.45, 2.75) is 46.7 Å². The number of aryl methyl sites for hydroxylation is 3. The minimum Gasteiger partial charge on any atom is -0.354 e. The Labute approximate surface area is 135 Å². The number of nitrogens with zero attached hydrogens (tertiary/aromatic N) is 4. The topological polar surface area (TPSA) is 64.7 Å². The summed E-state index contributed by atoms with van der Waals surface area (Å²) in [5.74, 6) is -0.0566. The summed E-state index contributed by atoms with van der Waals surface area (Å²) in [4.78, 5) is 12.2. The van der Waals surface area contributed by atoms with Crippen LogP contribution in [0.5, 0.6) is 0 Å². The summed E-state index contributed by atoms with van der Waals surface area (Å²) in [5.41, 5.74) is 2.56. The van der Waals surface area contributed by atoms with Crippen LogP contribution in [0.4, 0.5) is 0 Å². The van der Waals surface area contributed by atoms with Crippen LogP contribution in [0.1, 0.15) is 36.5 Å². The molecule has 0 spiro atoms. The van der Waals surface area contributed by atoms with Gasteiger partial charge in [-0.2, -0.15) is 10.2 Å². The molecule has 0 aliphatic carbocycles. The van der Waals surface area contributed by atoms with Crippen LogP contribution in [0.15, 0.2) is 12.3 Å². The van der Waals surface area contributed by atoms with E-state index in [1.54, 1.807) is 4.68 Å². The van der Waals surface area contributed by atoms with E-state index < -0.39 is 0 Å². The Hall–Kier alpha value is -1.82. The minimum atomic E-state index is -0.377. The molecule has 22 heavy (non-hydrogen) atoms. The fourth-order valence-electron chi connectivity index (χ4n) is 2.32. The SMILES string of the molecule is Cc1ccn(CCCNC(=O)C(C)n2nc(C)c(Cl)c2C)n1. The highest BCUT2D eigenvalue weighted by atomic mass is 35.5. The van der Waals surface area contributed by atoms with Gasteiger partial charge in [0.15, 0.2) is 0 Å². The summed E-state index contributed by atoms with van der Waals surface area (Å²) in [6, 6.07) is 1.59. The maximum Gasteiger partial charge on any atom is 0.244 e. The van der Waals surface area contributed by atoms with Crippen LogP contribution in [0.3, 0.4) is 0 Å². The van der Waals surface area contributed by atoms with Gasteiger partial charge in [-0.1, -0.05) is 11.6 Å². The van der Waals surface area contributed by atoms with Crippen molar-refractivity contribution in [1.82, 2.24) is 24.9 Å². The number of hydrogen-bond donors (Lipinski definition) is 1. The van der Waals surface area contributed by atoms with E-state index in [0.717, 1.165) is 30.0 Å². The zero-order valence-electron chi connectivity index (χ0n) is 13.4. The fraction of sp³-hybridized carbons (Fsp3) is 0.533. The van der Waals surface area contributed by atoms with Gasteiger partial charge < -0.3 is 5.32 Å². The van der Waals surface area contributed by atoms with Crippen LogP contribution in [0.25, 0.3) is 0 Å². The van der Waals surface area contributed by atoms with Gasteiger partial charge in [0.2, 0.25) is 5.91 Å². The molecule has 0 bridgehead atoms. The van der Waals surface area contributed by atoms with Crippen LogP contribution in [-0.2, 0) is 11.3 Å². The van der Waals surface area contributed by atoms with Gasteiger partial charge in [-0.15, -0.1) is 0 Å². The monoisotopic (exact) mass is 323 g/mol. The summed E-state index contributed by atoms with van der Waals surface area (Å²) in [6.07, 6.45) is 2.77. The first-order valence-electron chi connectivity index (χ1n) is 7.39. The molecule has 6 nitrogen and oxygen atoms in total. The van der Waals surface area contributed by atoms with Crippen molar-refractivity contribution < 1.29 is 4.79 Å². The zero-order chi connectivity index (χ0) is 16.3. The third-order valence-electron chi connectivity index (χ3n) is 3.62. The molecular weight excluding hydrogens is 302 g/mol. The smallest absolute Gasteiger partial charge is 0.244 e. The van der Waals surface area contributed by atoms with Crippen molar-refractivity contribution in [3.05, 3.63) is 34.4 Å². The fourth-order valence-corrected chi connectivity index (χ4v) is 2.44. The Morgan fingerprint density at radius 2 is 2.09 bits per heavy atom. The third-order valence-corrected chi connectivity index (χ3v) is 4.17. The van der Waals surface area contributed by atoms with Gasteiger partial charge in [0.05, 0.1) is 22.1 Å². The molecule has 2 aromatic heterocycles. The molecular formula is C15H22ClN5O. The van der Waals surface area contributed by atoms with Crippen molar-refractivity contribution in [3.63, 3.8) is 0 Å². The number of halogens is 1. The molecule has 1 atom stereocenters. The lowest BCUT2D eigenvalue weighted by molar-refractivity contribution is -0.124. The maximum absolute atomic E-state index is 12.2. The standard InChI is InChI=1S/C15H22ClN5O/c1-10-6-9-20(18-10)8-5-7-17-15(22)13(4)21-12(3)14(16)11(2)19-21/h6,9,13H,5,7-8H2,1-4H3,(H,17,22).